The number of hydrazone groups is 1. The largest absolute Gasteiger partial charge is 0.487 e. The highest BCUT2D eigenvalue weighted by Gasteiger charge is 2.30. The summed E-state index contributed by atoms with van der Waals surface area (Å²) >= 11 is 6.88. The average Bonchev–Trinajstić information content (AvgIpc) is 2.77. The molecular formula is C23H18Br2F3N3O2. The molecule has 0 fully saturated rings. The van der Waals surface area contributed by atoms with Gasteiger partial charge in [-0.05, 0) is 51.8 Å². The van der Waals surface area contributed by atoms with E-state index in [1.165, 1.54) is 18.3 Å². The van der Waals surface area contributed by atoms with Crippen molar-refractivity contribution in [3.63, 3.8) is 0 Å². The average molecular weight is 585 g/mol. The molecule has 3 aromatic carbocycles. The van der Waals surface area contributed by atoms with E-state index in [0.29, 0.717) is 22.4 Å². The van der Waals surface area contributed by atoms with Crippen molar-refractivity contribution in [2.24, 2.45) is 5.10 Å². The Morgan fingerprint density at radius 1 is 1.03 bits per heavy atom. The monoisotopic (exact) mass is 583 g/mol. The molecule has 0 unspecified atom stereocenters. The van der Waals surface area contributed by atoms with E-state index in [1.807, 2.05) is 36.4 Å². The van der Waals surface area contributed by atoms with Crippen molar-refractivity contribution in [3.05, 3.63) is 92.4 Å². The topological polar surface area (TPSA) is 62.7 Å². The zero-order valence-electron chi connectivity index (χ0n) is 17.0. The summed E-state index contributed by atoms with van der Waals surface area (Å²) in [7, 11) is 0. The number of amides is 1. The fourth-order valence-corrected chi connectivity index (χ4v) is 4.13. The van der Waals surface area contributed by atoms with Gasteiger partial charge in [0.2, 0.25) is 0 Å². The maximum absolute atomic E-state index is 12.8. The van der Waals surface area contributed by atoms with Gasteiger partial charge < -0.3 is 10.1 Å². The summed E-state index contributed by atoms with van der Waals surface area (Å²) in [5.41, 5.74) is 3.33. The van der Waals surface area contributed by atoms with Crippen LogP contribution in [0.15, 0.2) is 80.8 Å². The molecule has 0 radical (unpaired) electrons. The van der Waals surface area contributed by atoms with Crippen LogP contribution in [-0.4, -0.2) is 18.7 Å². The van der Waals surface area contributed by atoms with Crippen LogP contribution in [0.1, 0.15) is 16.7 Å². The Balaban J connectivity index is 1.60. The Morgan fingerprint density at radius 2 is 1.79 bits per heavy atom. The Kier molecular flexibility index (Phi) is 8.51. The minimum Gasteiger partial charge on any atom is -0.487 e. The second-order valence-corrected chi connectivity index (χ2v) is 8.58. The summed E-state index contributed by atoms with van der Waals surface area (Å²) < 4.78 is 45.8. The first-order valence-corrected chi connectivity index (χ1v) is 11.2. The minimum atomic E-state index is -4.46. The Bertz CT molecular complexity index is 1140. The van der Waals surface area contributed by atoms with Gasteiger partial charge in [-0.25, -0.2) is 5.43 Å². The van der Waals surface area contributed by atoms with Gasteiger partial charge in [-0.2, -0.15) is 18.3 Å². The number of hydrogen-bond donors (Lipinski definition) is 2. The number of anilines is 1. The molecule has 0 aromatic heterocycles. The number of ether oxygens (including phenoxy) is 1. The Hall–Kier alpha value is -2.85. The van der Waals surface area contributed by atoms with Gasteiger partial charge in [-0.15, -0.1) is 0 Å². The number of benzene rings is 3. The first-order valence-electron chi connectivity index (χ1n) is 9.61. The van der Waals surface area contributed by atoms with Gasteiger partial charge in [0.25, 0.3) is 5.91 Å². The number of carbonyl (C=O) groups is 1. The van der Waals surface area contributed by atoms with E-state index in [9.17, 15) is 18.0 Å². The highest BCUT2D eigenvalue weighted by molar-refractivity contribution is 9.11. The van der Waals surface area contributed by atoms with E-state index < -0.39 is 17.6 Å². The zero-order valence-corrected chi connectivity index (χ0v) is 20.2. The smallest absolute Gasteiger partial charge is 0.416 e. The molecular weight excluding hydrogens is 567 g/mol. The van der Waals surface area contributed by atoms with Crippen LogP contribution in [0.25, 0.3) is 0 Å². The fraction of sp³-hybridized carbons (Fsp3) is 0.130. The van der Waals surface area contributed by atoms with E-state index in [4.69, 9.17) is 4.74 Å². The molecule has 172 valence electrons. The highest BCUT2D eigenvalue weighted by atomic mass is 79.9. The zero-order chi connectivity index (χ0) is 23.8. The molecule has 0 saturated carbocycles. The van der Waals surface area contributed by atoms with E-state index >= 15 is 0 Å². The van der Waals surface area contributed by atoms with Gasteiger partial charge in [0.15, 0.2) is 0 Å². The molecule has 0 aliphatic rings. The summed E-state index contributed by atoms with van der Waals surface area (Å²) in [4.78, 5) is 12.1. The van der Waals surface area contributed by atoms with Gasteiger partial charge in [0.05, 0.1) is 22.8 Å². The minimum absolute atomic E-state index is 0.177. The molecule has 5 nitrogen and oxygen atoms in total. The highest BCUT2D eigenvalue weighted by Crippen LogP contribution is 2.33. The lowest BCUT2D eigenvalue weighted by molar-refractivity contribution is -0.137. The van der Waals surface area contributed by atoms with Crippen LogP contribution in [0.3, 0.4) is 0 Å². The number of nitrogens with one attached hydrogen (secondary N) is 2. The molecule has 10 heteroatoms. The van der Waals surface area contributed by atoms with E-state index in [0.717, 1.165) is 22.2 Å². The van der Waals surface area contributed by atoms with Crippen molar-refractivity contribution in [3.8, 4) is 5.75 Å². The second-order valence-electron chi connectivity index (χ2n) is 6.81. The lowest BCUT2D eigenvalue weighted by Gasteiger charge is -2.12. The summed E-state index contributed by atoms with van der Waals surface area (Å²) in [5.74, 6) is 0.0200. The van der Waals surface area contributed by atoms with Crippen LogP contribution in [0.2, 0.25) is 0 Å². The quantitative estimate of drug-likeness (QED) is 0.239. The summed E-state index contributed by atoms with van der Waals surface area (Å²) in [6.07, 6.45) is -3.03. The van der Waals surface area contributed by atoms with E-state index in [-0.39, 0.29) is 12.2 Å². The molecule has 1 amide bonds. The summed E-state index contributed by atoms with van der Waals surface area (Å²) in [6, 6.07) is 17.9. The molecule has 2 N–H and O–H groups in total. The van der Waals surface area contributed by atoms with Crippen molar-refractivity contribution >= 4 is 49.7 Å². The van der Waals surface area contributed by atoms with Crippen LogP contribution < -0.4 is 15.5 Å². The van der Waals surface area contributed by atoms with Crippen molar-refractivity contribution in [1.82, 2.24) is 5.43 Å². The van der Waals surface area contributed by atoms with Gasteiger partial charge >= 0.3 is 6.18 Å². The third kappa shape index (κ3) is 7.61. The molecule has 0 spiro atoms. The molecule has 0 heterocycles. The van der Waals surface area contributed by atoms with Gasteiger partial charge in [-0.1, -0.05) is 52.3 Å². The molecule has 0 aliphatic carbocycles. The lowest BCUT2D eigenvalue weighted by atomic mass is 10.2. The van der Waals surface area contributed by atoms with E-state index in [2.05, 4.69) is 47.7 Å². The third-order valence-electron chi connectivity index (χ3n) is 4.30. The van der Waals surface area contributed by atoms with Crippen LogP contribution in [0, 0.1) is 0 Å². The number of nitrogens with zero attached hydrogens (tertiary/aromatic N) is 1. The number of halogens is 5. The first kappa shape index (κ1) is 24.8. The predicted octanol–water partition coefficient (Wildman–Crippen LogP) is 6.37. The molecule has 0 saturated heterocycles. The second kappa shape index (κ2) is 11.3. The maximum atomic E-state index is 12.8. The van der Waals surface area contributed by atoms with Crippen molar-refractivity contribution < 1.29 is 22.7 Å². The van der Waals surface area contributed by atoms with Crippen molar-refractivity contribution in [1.29, 1.82) is 0 Å². The SMILES string of the molecule is O=C(CNc1cccc(C(F)(F)F)c1)N/N=C\c1cc(Br)cc(Br)c1OCc1ccccc1. The number of carbonyl (C=O) groups excluding carboxylic acids is 1. The standard InChI is InChI=1S/C23H18Br2F3N3O2/c24-18-9-16(22(20(25)11-18)33-14-15-5-2-1-3-6-15)12-30-31-21(32)13-29-19-8-4-7-17(10-19)23(26,27)28/h1-12,29H,13-14H2,(H,31,32)/b30-12-. The van der Waals surface area contributed by atoms with Crippen LogP contribution in [-0.2, 0) is 17.6 Å². The molecule has 0 bridgehead atoms. The third-order valence-corrected chi connectivity index (χ3v) is 5.35. The van der Waals surface area contributed by atoms with E-state index in [1.54, 1.807) is 6.07 Å². The Labute approximate surface area is 205 Å². The maximum Gasteiger partial charge on any atom is 0.416 e. The predicted molar refractivity (Wildman–Crippen MR) is 128 cm³/mol. The normalized spacial score (nSPS) is 11.4. The summed E-state index contributed by atoms with van der Waals surface area (Å²) in [6.45, 7) is 0.0906. The molecule has 33 heavy (non-hydrogen) atoms. The number of alkyl halides is 3. The molecule has 0 atom stereocenters. The molecule has 3 aromatic rings. The van der Waals surface area contributed by atoms with Gasteiger partial charge in [-0.3, -0.25) is 4.79 Å². The number of rotatable bonds is 8. The van der Waals surface area contributed by atoms with Crippen molar-refractivity contribution in [2.75, 3.05) is 11.9 Å². The van der Waals surface area contributed by atoms with Crippen LogP contribution in [0.4, 0.5) is 18.9 Å². The fourth-order valence-electron chi connectivity index (χ4n) is 2.76. The van der Waals surface area contributed by atoms with Gasteiger partial charge in [0.1, 0.15) is 12.4 Å². The van der Waals surface area contributed by atoms with Gasteiger partial charge in [0, 0.05) is 15.7 Å². The van der Waals surface area contributed by atoms with Crippen LogP contribution >= 0.6 is 31.9 Å². The lowest BCUT2D eigenvalue weighted by Crippen LogP contribution is -2.26. The van der Waals surface area contributed by atoms with Crippen LogP contribution in [0.5, 0.6) is 5.75 Å². The molecule has 0 aliphatic heterocycles. The Morgan fingerprint density at radius 3 is 2.52 bits per heavy atom. The molecule has 3 rings (SSSR count). The first-order chi connectivity index (χ1) is 15.7. The number of hydrogen-bond acceptors (Lipinski definition) is 4. The summed E-state index contributed by atoms with van der Waals surface area (Å²) in [5, 5.41) is 6.59. The van der Waals surface area contributed by atoms with Crippen molar-refractivity contribution in [2.45, 2.75) is 12.8 Å².